The Bertz CT molecular complexity index is 550. The molecule has 28 heavy (non-hydrogen) atoms. The van der Waals surface area contributed by atoms with Gasteiger partial charge in [-0.25, -0.2) is 0 Å². The molecule has 4 aliphatic carbocycles. The highest BCUT2D eigenvalue weighted by molar-refractivity contribution is 5.13. The average Bonchev–Trinajstić information content (AvgIpc) is 2.93. The third-order valence-electron chi connectivity index (χ3n) is 10.4. The monoisotopic (exact) mass is 394 g/mol. The molecule has 0 aromatic heterocycles. The molecule has 0 aliphatic heterocycles. The predicted molar refractivity (Wildman–Crippen MR) is 111 cm³/mol. The minimum absolute atomic E-state index is 0.00217. The number of quaternary nitrogens is 1. The van der Waals surface area contributed by atoms with Crippen LogP contribution >= 0.6 is 0 Å². The maximum Gasteiger partial charge on any atom is 0.119 e. The zero-order valence-corrected chi connectivity index (χ0v) is 18.3. The molecular formula is C24H44NO3+. The molecule has 0 bridgehead atoms. The molecule has 0 amide bonds. The van der Waals surface area contributed by atoms with Gasteiger partial charge in [-0.15, -0.1) is 0 Å². The molecule has 4 saturated carbocycles. The van der Waals surface area contributed by atoms with Gasteiger partial charge in [-0.1, -0.05) is 26.7 Å². The summed E-state index contributed by atoms with van der Waals surface area (Å²) in [6, 6.07) is 0. The lowest BCUT2D eigenvalue weighted by Crippen LogP contribution is -3.15. The zero-order valence-electron chi connectivity index (χ0n) is 18.3. The van der Waals surface area contributed by atoms with Crippen LogP contribution in [0.2, 0.25) is 0 Å². The van der Waals surface area contributed by atoms with Crippen LogP contribution in [-0.2, 0) is 0 Å². The second kappa shape index (κ2) is 7.83. The Labute approximate surface area is 171 Å². The van der Waals surface area contributed by atoms with Crippen molar-refractivity contribution < 1.29 is 20.2 Å². The smallest absolute Gasteiger partial charge is 0.119 e. The van der Waals surface area contributed by atoms with Gasteiger partial charge in [-0.05, 0) is 80.5 Å². The summed E-state index contributed by atoms with van der Waals surface area (Å²) >= 11 is 0. The summed E-state index contributed by atoms with van der Waals surface area (Å²) in [5.41, 5.74) is -0.0942. The highest BCUT2D eigenvalue weighted by Gasteiger charge is 2.65. The van der Waals surface area contributed by atoms with Crippen molar-refractivity contribution in [3.8, 4) is 0 Å². The first-order valence-electron chi connectivity index (χ1n) is 12.2. The van der Waals surface area contributed by atoms with Crippen LogP contribution in [0.3, 0.4) is 0 Å². The summed E-state index contributed by atoms with van der Waals surface area (Å²) in [6.45, 7) is 7.16. The van der Waals surface area contributed by atoms with Crippen molar-refractivity contribution in [2.24, 2.45) is 34.5 Å². The van der Waals surface area contributed by atoms with Crippen molar-refractivity contribution in [3.63, 3.8) is 0 Å². The number of hydrogen-bond acceptors (Lipinski definition) is 3. The van der Waals surface area contributed by atoms with E-state index in [1.165, 1.54) is 51.4 Å². The number of aliphatic hydroxyl groups is 3. The fraction of sp³-hybridized carbons (Fsp3) is 1.00. The molecule has 0 spiro atoms. The van der Waals surface area contributed by atoms with E-state index in [0.717, 1.165) is 35.5 Å². The predicted octanol–water partition coefficient (Wildman–Crippen LogP) is 2.02. The quantitative estimate of drug-likeness (QED) is 0.557. The summed E-state index contributed by atoms with van der Waals surface area (Å²) in [7, 11) is 0. The Morgan fingerprint density at radius 1 is 0.821 bits per heavy atom. The molecule has 0 aromatic carbocycles. The first kappa shape index (κ1) is 21.1. The van der Waals surface area contributed by atoms with Crippen molar-refractivity contribution >= 4 is 0 Å². The molecule has 0 heterocycles. The van der Waals surface area contributed by atoms with Gasteiger partial charge < -0.3 is 20.2 Å². The van der Waals surface area contributed by atoms with E-state index >= 15 is 0 Å². The Kier molecular flexibility index (Phi) is 5.90. The molecule has 0 saturated heterocycles. The van der Waals surface area contributed by atoms with Crippen LogP contribution in [0.4, 0.5) is 0 Å². The van der Waals surface area contributed by atoms with E-state index in [4.69, 9.17) is 0 Å². The van der Waals surface area contributed by atoms with Gasteiger partial charge in [0, 0.05) is 5.41 Å². The molecule has 0 radical (unpaired) electrons. The minimum atomic E-state index is -0.646. The summed E-state index contributed by atoms with van der Waals surface area (Å²) in [6.07, 6.45) is 13.0. The van der Waals surface area contributed by atoms with Gasteiger partial charge in [0.2, 0.25) is 0 Å². The van der Waals surface area contributed by atoms with E-state index < -0.39 is 5.60 Å². The SMILES string of the molecule is C[C@]12CCCC[C@@H]1CC[C@H]1[C@H]3CC[C@](O)(C[NH+](CCO)CCO)[C@]3(C)CC[C@@H]12. The first-order valence-corrected chi connectivity index (χ1v) is 12.2. The molecular weight excluding hydrogens is 350 g/mol. The maximum absolute atomic E-state index is 11.9. The summed E-state index contributed by atoms with van der Waals surface area (Å²) < 4.78 is 0. The standard InChI is InChI=1S/C24H43NO3/c1-22-10-4-3-5-18(22)6-7-19-20(22)8-11-23(2)21(19)9-12-24(23,28)17-25(13-15-26)14-16-27/h18-21,26-28H,3-17H2,1-2H3/p+1/t18-,19-,20+,21-,22+,23-,24+/m1/s1. The maximum atomic E-state index is 11.9. The van der Waals surface area contributed by atoms with Crippen LogP contribution in [0, 0.1) is 34.5 Å². The zero-order chi connectivity index (χ0) is 20.0. The number of fused-ring (bicyclic) bond motifs is 5. The van der Waals surface area contributed by atoms with Gasteiger partial charge in [0.05, 0.1) is 13.2 Å². The third-order valence-corrected chi connectivity index (χ3v) is 10.4. The lowest BCUT2D eigenvalue weighted by atomic mass is 9.44. The molecule has 4 fully saturated rings. The van der Waals surface area contributed by atoms with Crippen LogP contribution in [0.15, 0.2) is 0 Å². The van der Waals surface area contributed by atoms with Crippen LogP contribution in [-0.4, -0.2) is 53.8 Å². The molecule has 7 atom stereocenters. The Balaban J connectivity index is 1.54. The topological polar surface area (TPSA) is 65.1 Å². The van der Waals surface area contributed by atoms with Gasteiger partial charge in [-0.3, -0.25) is 0 Å². The molecule has 0 unspecified atom stereocenters. The Morgan fingerprint density at radius 3 is 2.25 bits per heavy atom. The number of rotatable bonds is 6. The normalized spacial score (nSPS) is 48.2. The third kappa shape index (κ3) is 3.18. The molecule has 162 valence electrons. The van der Waals surface area contributed by atoms with Gasteiger partial charge >= 0.3 is 0 Å². The Morgan fingerprint density at radius 2 is 1.54 bits per heavy atom. The molecule has 4 N–H and O–H groups in total. The van der Waals surface area contributed by atoms with Gasteiger partial charge in [0.25, 0.3) is 0 Å². The first-order chi connectivity index (χ1) is 13.4. The van der Waals surface area contributed by atoms with E-state index in [1.54, 1.807) is 0 Å². The summed E-state index contributed by atoms with van der Waals surface area (Å²) in [5, 5.41) is 30.7. The van der Waals surface area contributed by atoms with E-state index in [9.17, 15) is 15.3 Å². The van der Waals surface area contributed by atoms with Crippen molar-refractivity contribution in [2.45, 2.75) is 83.7 Å². The number of aliphatic hydroxyl groups excluding tert-OH is 2. The fourth-order valence-electron chi connectivity index (χ4n) is 8.73. The Hall–Kier alpha value is -0.160. The number of hydrogen-bond donors (Lipinski definition) is 4. The van der Waals surface area contributed by atoms with E-state index in [-0.39, 0.29) is 18.6 Å². The largest absolute Gasteiger partial charge is 0.391 e. The van der Waals surface area contributed by atoms with Crippen LogP contribution in [0.1, 0.15) is 78.1 Å². The molecule has 4 aliphatic rings. The number of nitrogens with one attached hydrogen (secondary N) is 1. The minimum Gasteiger partial charge on any atom is -0.391 e. The van der Waals surface area contributed by atoms with E-state index in [0.29, 0.717) is 31.0 Å². The highest BCUT2D eigenvalue weighted by atomic mass is 16.3. The van der Waals surface area contributed by atoms with Crippen LogP contribution < -0.4 is 4.90 Å². The van der Waals surface area contributed by atoms with Gasteiger partial charge in [0.1, 0.15) is 25.2 Å². The molecule has 4 rings (SSSR count). The second-order valence-corrected chi connectivity index (χ2v) is 11.3. The molecule has 4 heteroatoms. The van der Waals surface area contributed by atoms with Crippen molar-refractivity contribution in [1.29, 1.82) is 0 Å². The lowest BCUT2D eigenvalue weighted by molar-refractivity contribution is -0.908. The van der Waals surface area contributed by atoms with E-state index in [2.05, 4.69) is 13.8 Å². The highest BCUT2D eigenvalue weighted by Crippen LogP contribution is 2.68. The van der Waals surface area contributed by atoms with Crippen LogP contribution in [0.25, 0.3) is 0 Å². The lowest BCUT2D eigenvalue weighted by Gasteiger charge is -2.61. The van der Waals surface area contributed by atoms with Gasteiger partial charge in [0.15, 0.2) is 0 Å². The second-order valence-electron chi connectivity index (χ2n) is 11.3. The van der Waals surface area contributed by atoms with Crippen molar-refractivity contribution in [2.75, 3.05) is 32.8 Å². The van der Waals surface area contributed by atoms with E-state index in [1.807, 2.05) is 0 Å². The van der Waals surface area contributed by atoms with Gasteiger partial charge in [-0.2, -0.15) is 0 Å². The van der Waals surface area contributed by atoms with Crippen molar-refractivity contribution in [3.05, 3.63) is 0 Å². The molecule has 0 aromatic rings. The average molecular weight is 395 g/mol. The van der Waals surface area contributed by atoms with Crippen LogP contribution in [0.5, 0.6) is 0 Å². The summed E-state index contributed by atoms with van der Waals surface area (Å²) in [4.78, 5) is 1.15. The fourth-order valence-corrected chi connectivity index (χ4v) is 8.73. The summed E-state index contributed by atoms with van der Waals surface area (Å²) in [5.74, 6) is 3.26. The van der Waals surface area contributed by atoms with Crippen molar-refractivity contribution in [1.82, 2.24) is 0 Å². The molecule has 4 nitrogen and oxygen atoms in total.